The molecule has 0 fully saturated rings. The van der Waals surface area contributed by atoms with Gasteiger partial charge < -0.3 is 14.6 Å². The quantitative estimate of drug-likeness (QED) is 0.394. The van der Waals surface area contributed by atoms with E-state index in [1.54, 1.807) is 6.92 Å². The van der Waals surface area contributed by atoms with Gasteiger partial charge in [0.2, 0.25) is 0 Å². The van der Waals surface area contributed by atoms with Crippen molar-refractivity contribution in [2.75, 3.05) is 14.2 Å². The summed E-state index contributed by atoms with van der Waals surface area (Å²) in [6.45, 7) is 21.2. The van der Waals surface area contributed by atoms with E-state index in [0.29, 0.717) is 17.2 Å². The fourth-order valence-corrected chi connectivity index (χ4v) is 7.08. The van der Waals surface area contributed by atoms with Gasteiger partial charge in [0.1, 0.15) is 11.5 Å². The molecule has 2 N–H and O–H groups in total. The lowest BCUT2D eigenvalue weighted by Crippen LogP contribution is -2.38. The Morgan fingerprint density at radius 2 is 1.38 bits per heavy atom. The first kappa shape index (κ1) is 28.6. The molecule has 0 amide bonds. The van der Waals surface area contributed by atoms with Crippen molar-refractivity contribution in [3.63, 3.8) is 0 Å². The van der Waals surface area contributed by atoms with E-state index in [-0.39, 0.29) is 33.5 Å². The van der Waals surface area contributed by atoms with Crippen molar-refractivity contribution in [3.8, 4) is 17.2 Å². The van der Waals surface area contributed by atoms with Crippen molar-refractivity contribution in [2.45, 2.75) is 92.9 Å². The third-order valence-corrected chi connectivity index (χ3v) is 6.94. The van der Waals surface area contributed by atoms with Crippen LogP contribution in [0.3, 0.4) is 0 Å². The van der Waals surface area contributed by atoms with E-state index in [4.69, 9.17) is 9.47 Å². The van der Waals surface area contributed by atoms with Crippen molar-refractivity contribution < 1.29 is 27.6 Å². The first-order valence-corrected chi connectivity index (χ1v) is 12.6. The number of aromatic hydroxyl groups is 1. The Labute approximate surface area is 195 Å². The smallest absolute Gasteiger partial charge is 0.301 e. The fraction of sp³-hybridized carbons (Fsp3) is 0.760. The molecule has 1 aromatic rings. The molecule has 1 atom stereocenters. The number of ether oxygens (including phenoxy) is 2. The average Bonchev–Trinajstić information content (AvgIpc) is 2.52. The summed E-state index contributed by atoms with van der Waals surface area (Å²) in [6, 6.07) is 0. The second kappa shape index (κ2) is 9.41. The van der Waals surface area contributed by atoms with Crippen LogP contribution in [0, 0.1) is 29.1 Å². The lowest BCUT2D eigenvalue weighted by atomic mass is 9.56. The highest BCUT2D eigenvalue weighted by Crippen LogP contribution is 2.60. The molecule has 0 spiro atoms. The van der Waals surface area contributed by atoms with Gasteiger partial charge in [-0.1, -0.05) is 62.3 Å². The van der Waals surface area contributed by atoms with Crippen LogP contribution in [0.2, 0.25) is 0 Å². The zero-order chi connectivity index (χ0) is 25.4. The minimum Gasteiger partial charge on any atom is -0.506 e. The molecule has 0 aliphatic carbocycles. The van der Waals surface area contributed by atoms with Gasteiger partial charge in [-0.25, -0.2) is 0 Å². The fourth-order valence-electron chi connectivity index (χ4n) is 6.26. The Morgan fingerprint density at radius 3 is 1.72 bits per heavy atom. The predicted molar refractivity (Wildman–Crippen MR) is 130 cm³/mol. The molecule has 7 heteroatoms. The number of phenolic OH excluding ortho intramolecular Hbond substituents is 1. The summed E-state index contributed by atoms with van der Waals surface area (Å²) >= 11 is 0. The standard InChI is InChI=1S/C25H44O6S/c1-15(2)13-24(7,8)22(25(9,10)14-23(4,5)6)17-19(30-11)16(3)18(26)21(20(17)31-12)32(27,28)29/h15,22,26H,13-14H2,1-12H3,(H,27,28,29). The zero-order valence-electron chi connectivity index (χ0n) is 22.0. The predicted octanol–water partition coefficient (Wildman–Crippen LogP) is 6.58. The number of rotatable bonds is 9. The second-order valence-corrected chi connectivity index (χ2v) is 13.4. The minimum atomic E-state index is -4.76. The van der Waals surface area contributed by atoms with Crippen LogP contribution >= 0.6 is 0 Å². The molecule has 186 valence electrons. The SMILES string of the molecule is COc1c(C)c(O)c(S(=O)(=O)O)c(OC)c1C(C(C)(C)CC(C)C)C(C)(C)CC(C)(C)C. The number of phenols is 1. The molecule has 6 nitrogen and oxygen atoms in total. The molecule has 0 aromatic heterocycles. The van der Waals surface area contributed by atoms with Gasteiger partial charge in [0.15, 0.2) is 10.6 Å². The second-order valence-electron chi connectivity index (χ2n) is 12.0. The van der Waals surface area contributed by atoms with Crippen molar-refractivity contribution in [1.29, 1.82) is 0 Å². The Hall–Kier alpha value is -1.47. The van der Waals surface area contributed by atoms with Crippen molar-refractivity contribution in [2.24, 2.45) is 22.2 Å². The summed E-state index contributed by atoms with van der Waals surface area (Å²) in [6.07, 6.45) is 1.72. The van der Waals surface area contributed by atoms with Gasteiger partial charge in [0.25, 0.3) is 0 Å². The molecule has 1 aromatic carbocycles. The molecule has 1 rings (SSSR count). The van der Waals surface area contributed by atoms with Crippen LogP contribution in [0.1, 0.15) is 92.2 Å². The monoisotopic (exact) mass is 472 g/mol. The summed E-state index contributed by atoms with van der Waals surface area (Å²) in [4.78, 5) is -0.606. The normalized spacial score (nSPS) is 14.6. The molecule has 0 aliphatic rings. The van der Waals surface area contributed by atoms with Crippen LogP contribution in [0.15, 0.2) is 4.90 Å². The molecular weight excluding hydrogens is 428 g/mol. The van der Waals surface area contributed by atoms with E-state index < -0.39 is 20.8 Å². The maximum absolute atomic E-state index is 12.3. The Kier molecular flexibility index (Phi) is 8.40. The number of hydrogen-bond acceptors (Lipinski definition) is 5. The van der Waals surface area contributed by atoms with E-state index in [9.17, 15) is 18.1 Å². The van der Waals surface area contributed by atoms with E-state index >= 15 is 0 Å². The van der Waals surface area contributed by atoms with Crippen molar-refractivity contribution in [1.82, 2.24) is 0 Å². The van der Waals surface area contributed by atoms with Crippen LogP contribution in [0.5, 0.6) is 17.2 Å². The van der Waals surface area contributed by atoms with Crippen LogP contribution in [-0.4, -0.2) is 32.3 Å². The average molecular weight is 473 g/mol. The van der Waals surface area contributed by atoms with Gasteiger partial charge in [0.05, 0.1) is 14.2 Å². The van der Waals surface area contributed by atoms with Crippen LogP contribution in [0.25, 0.3) is 0 Å². The summed E-state index contributed by atoms with van der Waals surface area (Å²) in [5, 5.41) is 10.7. The summed E-state index contributed by atoms with van der Waals surface area (Å²) < 4.78 is 46.1. The molecule has 32 heavy (non-hydrogen) atoms. The van der Waals surface area contributed by atoms with E-state index in [1.165, 1.54) is 14.2 Å². The van der Waals surface area contributed by atoms with Crippen molar-refractivity contribution in [3.05, 3.63) is 11.1 Å². The molecule has 0 bridgehead atoms. The Bertz CT molecular complexity index is 921. The lowest BCUT2D eigenvalue weighted by Gasteiger charge is -2.49. The third-order valence-electron chi connectivity index (χ3n) is 6.04. The lowest BCUT2D eigenvalue weighted by molar-refractivity contribution is 0.0749. The highest BCUT2D eigenvalue weighted by atomic mass is 32.2. The molecule has 0 saturated carbocycles. The molecule has 0 aliphatic heterocycles. The van der Waals surface area contributed by atoms with Crippen LogP contribution in [-0.2, 0) is 10.1 Å². The van der Waals surface area contributed by atoms with Gasteiger partial charge in [-0.05, 0) is 41.9 Å². The largest absolute Gasteiger partial charge is 0.506 e. The van der Waals surface area contributed by atoms with E-state index in [1.807, 2.05) is 0 Å². The van der Waals surface area contributed by atoms with E-state index in [2.05, 4.69) is 62.3 Å². The van der Waals surface area contributed by atoms with Crippen LogP contribution < -0.4 is 9.47 Å². The third kappa shape index (κ3) is 6.10. The molecule has 0 radical (unpaired) electrons. The minimum absolute atomic E-state index is 0.00792. The molecule has 0 heterocycles. The van der Waals surface area contributed by atoms with Crippen LogP contribution in [0.4, 0.5) is 0 Å². The van der Waals surface area contributed by atoms with Gasteiger partial charge in [-0.3, -0.25) is 4.55 Å². The van der Waals surface area contributed by atoms with Gasteiger partial charge in [0, 0.05) is 17.0 Å². The van der Waals surface area contributed by atoms with E-state index in [0.717, 1.165) is 12.8 Å². The van der Waals surface area contributed by atoms with Gasteiger partial charge in [-0.15, -0.1) is 0 Å². The first-order chi connectivity index (χ1) is 14.2. The molecule has 1 unspecified atom stereocenters. The van der Waals surface area contributed by atoms with Crippen molar-refractivity contribution >= 4 is 10.1 Å². The highest BCUT2D eigenvalue weighted by molar-refractivity contribution is 7.86. The Balaban J connectivity index is 4.25. The molecular formula is C25H44O6S. The topological polar surface area (TPSA) is 93.1 Å². The number of hydrogen-bond donors (Lipinski definition) is 2. The van der Waals surface area contributed by atoms with Gasteiger partial charge in [-0.2, -0.15) is 8.42 Å². The van der Waals surface area contributed by atoms with Gasteiger partial charge >= 0.3 is 10.1 Å². The zero-order valence-corrected chi connectivity index (χ0v) is 22.8. The number of benzene rings is 1. The highest BCUT2D eigenvalue weighted by Gasteiger charge is 2.48. The Morgan fingerprint density at radius 1 is 0.906 bits per heavy atom. The summed E-state index contributed by atoms with van der Waals surface area (Å²) in [5.41, 5.74) is 0.236. The maximum Gasteiger partial charge on any atom is 0.301 e. The summed E-state index contributed by atoms with van der Waals surface area (Å²) in [5.74, 6) is -0.0404. The maximum atomic E-state index is 12.3. The first-order valence-electron chi connectivity index (χ1n) is 11.2. The number of methoxy groups -OCH3 is 2. The molecule has 0 saturated heterocycles. The summed E-state index contributed by atoms with van der Waals surface area (Å²) in [7, 11) is -1.91.